The average Bonchev–Trinajstić information content (AvgIpc) is 2.53. The van der Waals surface area contributed by atoms with Crippen LogP contribution in [0.2, 0.25) is 0 Å². The summed E-state index contributed by atoms with van der Waals surface area (Å²) in [4.78, 5) is 13.4. The number of rotatable bonds is 1. The first-order valence-corrected chi connectivity index (χ1v) is 3.83. The lowest BCUT2D eigenvalue weighted by Crippen LogP contribution is -1.97. The van der Waals surface area contributed by atoms with Crippen LogP contribution in [0.15, 0.2) is 12.1 Å². The number of allylic oxidation sites excluding steroid dienone is 1. The third kappa shape index (κ3) is 0.863. The van der Waals surface area contributed by atoms with Crippen LogP contribution in [-0.2, 0) is 0 Å². The van der Waals surface area contributed by atoms with Crippen LogP contribution in [0.5, 0.6) is 0 Å². The van der Waals surface area contributed by atoms with Gasteiger partial charge in [0, 0.05) is 11.6 Å². The molecular weight excluding hydrogens is 154 g/mol. The second-order valence-electron chi connectivity index (χ2n) is 3.00. The van der Waals surface area contributed by atoms with Crippen LogP contribution in [0.25, 0.3) is 6.08 Å². The lowest BCUT2D eigenvalue weighted by Gasteiger charge is -1.97. The lowest BCUT2D eigenvalue weighted by atomic mass is 10.1. The fourth-order valence-corrected chi connectivity index (χ4v) is 1.46. The Labute approximate surface area is 69.7 Å². The summed E-state index contributed by atoms with van der Waals surface area (Å²) in [6.07, 6.45) is 4.00. The molecule has 12 heavy (non-hydrogen) atoms. The molecule has 2 rings (SSSR count). The Balaban J connectivity index is 2.49. The van der Waals surface area contributed by atoms with Crippen molar-refractivity contribution in [2.24, 2.45) is 0 Å². The summed E-state index contributed by atoms with van der Waals surface area (Å²) >= 11 is 0. The molecule has 3 nitrogen and oxygen atoms in total. The summed E-state index contributed by atoms with van der Waals surface area (Å²) in [5, 5.41) is 8.67. The van der Waals surface area contributed by atoms with E-state index in [9.17, 15) is 4.79 Å². The van der Waals surface area contributed by atoms with Crippen LogP contribution < -0.4 is 0 Å². The molecule has 0 saturated heterocycles. The van der Waals surface area contributed by atoms with Crippen LogP contribution in [-0.4, -0.2) is 16.1 Å². The number of H-pyrrole nitrogens is 1. The average molecular weight is 163 g/mol. The van der Waals surface area contributed by atoms with Crippen molar-refractivity contribution < 1.29 is 9.90 Å². The van der Waals surface area contributed by atoms with Gasteiger partial charge >= 0.3 is 5.97 Å². The van der Waals surface area contributed by atoms with Crippen LogP contribution in [0.4, 0.5) is 0 Å². The molecule has 1 aromatic heterocycles. The third-order valence-electron chi connectivity index (χ3n) is 2.13. The summed E-state index contributed by atoms with van der Waals surface area (Å²) in [7, 11) is 0. The molecule has 0 saturated carbocycles. The van der Waals surface area contributed by atoms with Crippen LogP contribution in [0.1, 0.15) is 34.6 Å². The van der Waals surface area contributed by atoms with Crippen LogP contribution >= 0.6 is 0 Å². The van der Waals surface area contributed by atoms with E-state index in [1.54, 1.807) is 6.07 Å². The second-order valence-corrected chi connectivity index (χ2v) is 3.00. The molecule has 0 radical (unpaired) electrons. The molecule has 0 bridgehead atoms. The second kappa shape index (κ2) is 2.24. The minimum Gasteiger partial charge on any atom is -0.477 e. The minimum atomic E-state index is -0.898. The molecular formula is C9H9NO2. The summed E-state index contributed by atoms with van der Waals surface area (Å²) in [6.45, 7) is 2.03. The van der Waals surface area contributed by atoms with E-state index in [0.717, 1.165) is 11.3 Å². The number of aromatic carboxylic acids is 1. The zero-order chi connectivity index (χ0) is 8.72. The normalized spacial score (nSPS) is 19.6. The molecule has 0 aliphatic heterocycles. The van der Waals surface area contributed by atoms with Gasteiger partial charge in [0.05, 0.1) is 0 Å². The molecule has 1 unspecified atom stereocenters. The highest BCUT2D eigenvalue weighted by Gasteiger charge is 2.18. The number of nitrogens with one attached hydrogen (secondary N) is 1. The Hall–Kier alpha value is -1.51. The van der Waals surface area contributed by atoms with E-state index in [0.29, 0.717) is 5.92 Å². The molecule has 0 spiro atoms. The Morgan fingerprint density at radius 1 is 1.67 bits per heavy atom. The van der Waals surface area contributed by atoms with Gasteiger partial charge in [-0.1, -0.05) is 19.1 Å². The van der Waals surface area contributed by atoms with Gasteiger partial charge in [-0.2, -0.15) is 0 Å². The molecule has 0 fully saturated rings. The van der Waals surface area contributed by atoms with E-state index in [1.165, 1.54) is 0 Å². The van der Waals surface area contributed by atoms with E-state index in [2.05, 4.69) is 4.98 Å². The zero-order valence-electron chi connectivity index (χ0n) is 6.66. The van der Waals surface area contributed by atoms with Crippen molar-refractivity contribution in [2.45, 2.75) is 12.8 Å². The molecule has 62 valence electrons. The van der Waals surface area contributed by atoms with E-state index in [-0.39, 0.29) is 5.69 Å². The van der Waals surface area contributed by atoms with Crippen LogP contribution in [0.3, 0.4) is 0 Å². The maximum atomic E-state index is 10.6. The van der Waals surface area contributed by atoms with Crippen molar-refractivity contribution in [1.82, 2.24) is 4.98 Å². The van der Waals surface area contributed by atoms with Crippen LogP contribution in [0, 0.1) is 0 Å². The predicted molar refractivity (Wildman–Crippen MR) is 45.2 cm³/mol. The quantitative estimate of drug-likeness (QED) is 0.663. The Kier molecular flexibility index (Phi) is 1.33. The molecule has 0 aromatic carbocycles. The van der Waals surface area contributed by atoms with Gasteiger partial charge < -0.3 is 10.1 Å². The monoisotopic (exact) mass is 163 g/mol. The fraction of sp³-hybridized carbons (Fsp3) is 0.222. The van der Waals surface area contributed by atoms with Gasteiger partial charge in [0.25, 0.3) is 0 Å². The predicted octanol–water partition coefficient (Wildman–Crippen LogP) is 1.84. The molecule has 2 N–H and O–H groups in total. The molecule has 1 aliphatic rings. The SMILES string of the molecule is CC1C=Cc2cc(C(=O)O)[nH]c21. The largest absolute Gasteiger partial charge is 0.477 e. The highest BCUT2D eigenvalue weighted by atomic mass is 16.4. The summed E-state index contributed by atoms with van der Waals surface area (Å²) in [6, 6.07) is 1.66. The van der Waals surface area contributed by atoms with Crippen molar-refractivity contribution in [3.63, 3.8) is 0 Å². The number of hydrogen-bond donors (Lipinski definition) is 2. The van der Waals surface area contributed by atoms with Crippen molar-refractivity contribution in [3.05, 3.63) is 29.1 Å². The maximum Gasteiger partial charge on any atom is 0.352 e. The van der Waals surface area contributed by atoms with E-state index in [1.807, 2.05) is 19.1 Å². The minimum absolute atomic E-state index is 0.274. The third-order valence-corrected chi connectivity index (χ3v) is 2.13. The summed E-state index contributed by atoms with van der Waals surface area (Å²) in [5.74, 6) is -0.585. The molecule has 3 heteroatoms. The summed E-state index contributed by atoms with van der Waals surface area (Å²) < 4.78 is 0. The Morgan fingerprint density at radius 2 is 2.42 bits per heavy atom. The number of aromatic amines is 1. The topological polar surface area (TPSA) is 53.1 Å². The Morgan fingerprint density at radius 3 is 3.00 bits per heavy atom. The lowest BCUT2D eigenvalue weighted by molar-refractivity contribution is 0.0691. The smallest absolute Gasteiger partial charge is 0.352 e. The van der Waals surface area contributed by atoms with Crippen molar-refractivity contribution >= 4 is 12.0 Å². The van der Waals surface area contributed by atoms with Gasteiger partial charge in [0.1, 0.15) is 5.69 Å². The van der Waals surface area contributed by atoms with Gasteiger partial charge in [0.15, 0.2) is 0 Å². The molecule has 1 aliphatic carbocycles. The highest BCUT2D eigenvalue weighted by molar-refractivity contribution is 5.87. The first-order chi connectivity index (χ1) is 5.68. The van der Waals surface area contributed by atoms with Gasteiger partial charge in [0.2, 0.25) is 0 Å². The maximum absolute atomic E-state index is 10.6. The van der Waals surface area contributed by atoms with Crippen molar-refractivity contribution in [1.29, 1.82) is 0 Å². The standard InChI is InChI=1S/C9H9NO2/c1-5-2-3-6-4-7(9(11)12)10-8(5)6/h2-5,10H,1H3,(H,11,12). The first kappa shape index (κ1) is 7.16. The van der Waals surface area contributed by atoms with Gasteiger partial charge in [-0.15, -0.1) is 0 Å². The molecule has 1 heterocycles. The molecule has 1 aromatic rings. The van der Waals surface area contributed by atoms with Crippen molar-refractivity contribution in [3.8, 4) is 0 Å². The fourth-order valence-electron chi connectivity index (χ4n) is 1.46. The van der Waals surface area contributed by atoms with E-state index < -0.39 is 5.97 Å². The van der Waals surface area contributed by atoms with E-state index in [4.69, 9.17) is 5.11 Å². The van der Waals surface area contributed by atoms with Gasteiger partial charge in [-0.25, -0.2) is 4.79 Å². The Bertz CT molecular complexity index is 363. The highest BCUT2D eigenvalue weighted by Crippen LogP contribution is 2.29. The molecule has 0 amide bonds. The number of carboxylic acid groups (broad SMARTS) is 1. The van der Waals surface area contributed by atoms with Gasteiger partial charge in [-0.3, -0.25) is 0 Å². The number of carboxylic acids is 1. The van der Waals surface area contributed by atoms with Gasteiger partial charge in [-0.05, 0) is 11.6 Å². The van der Waals surface area contributed by atoms with Crippen molar-refractivity contribution in [2.75, 3.05) is 0 Å². The number of fused-ring (bicyclic) bond motifs is 1. The number of carbonyl (C=O) groups is 1. The number of hydrogen-bond acceptors (Lipinski definition) is 1. The summed E-state index contributed by atoms with van der Waals surface area (Å²) in [5.41, 5.74) is 2.28. The zero-order valence-corrected chi connectivity index (χ0v) is 6.66. The molecule has 1 atom stereocenters. The van der Waals surface area contributed by atoms with E-state index >= 15 is 0 Å². The first-order valence-electron chi connectivity index (χ1n) is 3.83. The number of aromatic nitrogens is 1.